The number of ether oxygens (including phenoxy) is 1. The van der Waals surface area contributed by atoms with Crippen LogP contribution in [0.2, 0.25) is 0 Å². The normalized spacial score (nSPS) is 16.8. The maximum absolute atomic E-state index is 5.80. The Morgan fingerprint density at radius 3 is 2.83 bits per heavy atom. The maximum atomic E-state index is 5.80. The molecule has 0 saturated heterocycles. The molecule has 0 radical (unpaired) electrons. The first-order valence-electron chi connectivity index (χ1n) is 7.11. The number of hydrogen-bond donors (Lipinski definition) is 2. The van der Waals surface area contributed by atoms with Crippen molar-refractivity contribution in [3.8, 4) is 0 Å². The van der Waals surface area contributed by atoms with E-state index in [1.807, 2.05) is 6.08 Å². The highest BCUT2D eigenvalue weighted by Gasteiger charge is 2.14. The molecule has 0 spiro atoms. The van der Waals surface area contributed by atoms with Crippen LogP contribution >= 0.6 is 0 Å². The molecule has 0 aromatic rings. The molecule has 0 atom stereocenters. The van der Waals surface area contributed by atoms with Gasteiger partial charge >= 0.3 is 0 Å². The van der Waals surface area contributed by atoms with Crippen molar-refractivity contribution in [2.24, 2.45) is 4.99 Å². The van der Waals surface area contributed by atoms with Crippen LogP contribution in [0, 0.1) is 0 Å². The van der Waals surface area contributed by atoms with Gasteiger partial charge in [-0.2, -0.15) is 0 Å². The zero-order valence-corrected chi connectivity index (χ0v) is 11.6. The molecule has 1 aliphatic carbocycles. The Balaban J connectivity index is 2.08. The summed E-state index contributed by atoms with van der Waals surface area (Å²) < 4.78 is 5.80. The summed E-state index contributed by atoms with van der Waals surface area (Å²) in [5.74, 6) is 0.860. The van der Waals surface area contributed by atoms with Gasteiger partial charge in [-0.15, -0.1) is 6.58 Å². The Labute approximate surface area is 111 Å². The lowest BCUT2D eigenvalue weighted by Gasteiger charge is -2.11. The summed E-state index contributed by atoms with van der Waals surface area (Å²) in [5, 5.41) is 6.38. The lowest BCUT2D eigenvalue weighted by Crippen LogP contribution is -2.37. The highest BCUT2D eigenvalue weighted by atomic mass is 16.5. The van der Waals surface area contributed by atoms with Gasteiger partial charge in [0.05, 0.1) is 6.10 Å². The molecule has 0 heterocycles. The monoisotopic (exact) mass is 253 g/mol. The van der Waals surface area contributed by atoms with Crippen molar-refractivity contribution in [2.45, 2.75) is 45.1 Å². The molecule has 4 nitrogen and oxygen atoms in total. The van der Waals surface area contributed by atoms with E-state index >= 15 is 0 Å². The molecular formula is C14H27N3O. The topological polar surface area (TPSA) is 45.7 Å². The Morgan fingerprint density at radius 2 is 2.17 bits per heavy atom. The SMILES string of the molecule is C=CCNC(=NCCCOC1CCCC1)NCC. The van der Waals surface area contributed by atoms with Crippen molar-refractivity contribution in [1.82, 2.24) is 10.6 Å². The predicted octanol–water partition coefficient (Wildman–Crippen LogP) is 2.08. The maximum Gasteiger partial charge on any atom is 0.191 e. The van der Waals surface area contributed by atoms with E-state index in [1.54, 1.807) is 0 Å². The van der Waals surface area contributed by atoms with Crippen LogP contribution in [0.25, 0.3) is 0 Å². The molecule has 0 aromatic carbocycles. The number of hydrogen-bond acceptors (Lipinski definition) is 2. The minimum Gasteiger partial charge on any atom is -0.378 e. The third-order valence-electron chi connectivity index (χ3n) is 2.99. The lowest BCUT2D eigenvalue weighted by molar-refractivity contribution is 0.0579. The summed E-state index contributed by atoms with van der Waals surface area (Å²) in [5.41, 5.74) is 0. The molecule has 0 amide bonds. The molecular weight excluding hydrogens is 226 g/mol. The Hall–Kier alpha value is -1.03. The molecule has 0 bridgehead atoms. The van der Waals surface area contributed by atoms with E-state index in [4.69, 9.17) is 4.74 Å². The Kier molecular flexibility index (Phi) is 8.30. The van der Waals surface area contributed by atoms with Gasteiger partial charge in [0.25, 0.3) is 0 Å². The quantitative estimate of drug-likeness (QED) is 0.301. The number of rotatable bonds is 8. The third kappa shape index (κ3) is 6.64. The van der Waals surface area contributed by atoms with Crippen LogP contribution in [0.5, 0.6) is 0 Å². The van der Waals surface area contributed by atoms with Crippen molar-refractivity contribution >= 4 is 5.96 Å². The summed E-state index contributed by atoms with van der Waals surface area (Å²) in [6, 6.07) is 0. The number of guanidine groups is 1. The second-order valence-electron chi connectivity index (χ2n) is 4.56. The molecule has 104 valence electrons. The van der Waals surface area contributed by atoms with Gasteiger partial charge in [0, 0.05) is 26.2 Å². The van der Waals surface area contributed by atoms with Crippen molar-refractivity contribution in [3.63, 3.8) is 0 Å². The molecule has 1 aliphatic rings. The van der Waals surface area contributed by atoms with E-state index in [1.165, 1.54) is 25.7 Å². The summed E-state index contributed by atoms with van der Waals surface area (Å²) in [6.07, 6.45) is 8.48. The molecule has 1 saturated carbocycles. The largest absolute Gasteiger partial charge is 0.378 e. The van der Waals surface area contributed by atoms with Crippen LogP contribution in [0.3, 0.4) is 0 Å². The first-order chi connectivity index (χ1) is 8.86. The second kappa shape index (κ2) is 9.95. The fraction of sp³-hybridized carbons (Fsp3) is 0.786. The van der Waals surface area contributed by atoms with Gasteiger partial charge in [0.15, 0.2) is 5.96 Å². The number of aliphatic imine (C=N–C) groups is 1. The molecule has 0 aliphatic heterocycles. The first kappa shape index (κ1) is 15.0. The van der Waals surface area contributed by atoms with Crippen LogP contribution in [0.15, 0.2) is 17.6 Å². The Morgan fingerprint density at radius 1 is 1.39 bits per heavy atom. The van der Waals surface area contributed by atoms with E-state index in [-0.39, 0.29) is 0 Å². The first-order valence-corrected chi connectivity index (χ1v) is 7.11. The minimum absolute atomic E-state index is 0.515. The van der Waals surface area contributed by atoms with E-state index in [2.05, 4.69) is 29.1 Å². The second-order valence-corrected chi connectivity index (χ2v) is 4.56. The minimum atomic E-state index is 0.515. The van der Waals surface area contributed by atoms with Crippen LogP contribution in [0.1, 0.15) is 39.0 Å². The lowest BCUT2D eigenvalue weighted by atomic mass is 10.3. The summed E-state index contributed by atoms with van der Waals surface area (Å²) in [6.45, 7) is 9.00. The van der Waals surface area contributed by atoms with E-state index in [0.717, 1.165) is 38.6 Å². The summed E-state index contributed by atoms with van der Waals surface area (Å²) in [7, 11) is 0. The van der Waals surface area contributed by atoms with Crippen LogP contribution in [0.4, 0.5) is 0 Å². The zero-order chi connectivity index (χ0) is 13.1. The molecule has 2 N–H and O–H groups in total. The average molecular weight is 253 g/mol. The highest BCUT2D eigenvalue weighted by Crippen LogP contribution is 2.20. The zero-order valence-electron chi connectivity index (χ0n) is 11.6. The molecule has 4 heteroatoms. The van der Waals surface area contributed by atoms with Gasteiger partial charge in [-0.1, -0.05) is 18.9 Å². The molecule has 1 fully saturated rings. The van der Waals surface area contributed by atoms with Gasteiger partial charge in [0.2, 0.25) is 0 Å². The van der Waals surface area contributed by atoms with Crippen molar-refractivity contribution in [1.29, 1.82) is 0 Å². The van der Waals surface area contributed by atoms with Gasteiger partial charge in [-0.25, -0.2) is 0 Å². The molecule has 0 aromatic heterocycles. The van der Waals surface area contributed by atoms with Gasteiger partial charge in [-0.3, -0.25) is 4.99 Å². The van der Waals surface area contributed by atoms with E-state index in [0.29, 0.717) is 6.10 Å². The fourth-order valence-electron chi connectivity index (χ4n) is 2.07. The molecule has 0 unspecified atom stereocenters. The Bertz CT molecular complexity index is 247. The van der Waals surface area contributed by atoms with Gasteiger partial charge < -0.3 is 15.4 Å². The summed E-state index contributed by atoms with van der Waals surface area (Å²) >= 11 is 0. The average Bonchev–Trinajstić information content (AvgIpc) is 2.88. The highest BCUT2D eigenvalue weighted by molar-refractivity contribution is 5.79. The van der Waals surface area contributed by atoms with Crippen molar-refractivity contribution in [3.05, 3.63) is 12.7 Å². The van der Waals surface area contributed by atoms with Crippen LogP contribution in [-0.4, -0.2) is 38.3 Å². The van der Waals surface area contributed by atoms with Gasteiger partial charge in [-0.05, 0) is 26.2 Å². The fourth-order valence-corrected chi connectivity index (χ4v) is 2.07. The van der Waals surface area contributed by atoms with Crippen LogP contribution in [-0.2, 0) is 4.74 Å². The van der Waals surface area contributed by atoms with E-state index in [9.17, 15) is 0 Å². The number of nitrogens with zero attached hydrogens (tertiary/aromatic N) is 1. The molecule has 18 heavy (non-hydrogen) atoms. The van der Waals surface area contributed by atoms with Gasteiger partial charge in [0.1, 0.15) is 0 Å². The smallest absolute Gasteiger partial charge is 0.191 e. The van der Waals surface area contributed by atoms with Crippen LogP contribution < -0.4 is 10.6 Å². The number of nitrogens with one attached hydrogen (secondary N) is 2. The molecule has 1 rings (SSSR count). The van der Waals surface area contributed by atoms with Crippen molar-refractivity contribution in [2.75, 3.05) is 26.2 Å². The standard InChI is InChI=1S/C14H27N3O/c1-3-10-16-14(15-4-2)17-11-7-12-18-13-8-5-6-9-13/h3,13H,1,4-12H2,2H3,(H2,15,16,17). The summed E-state index contributed by atoms with van der Waals surface area (Å²) in [4.78, 5) is 4.48. The third-order valence-corrected chi connectivity index (χ3v) is 2.99. The van der Waals surface area contributed by atoms with Crippen molar-refractivity contribution < 1.29 is 4.74 Å². The van der Waals surface area contributed by atoms with E-state index < -0.39 is 0 Å². The predicted molar refractivity (Wildman–Crippen MR) is 77.0 cm³/mol.